The number of nitrogens with zero attached hydrogens (tertiary/aromatic N) is 4. The van der Waals surface area contributed by atoms with Gasteiger partial charge in [0.05, 0.1) is 11.4 Å². The molecular formula is C21H27N5O. The minimum atomic E-state index is -0.0993. The second-order valence-corrected chi connectivity index (χ2v) is 7.63. The van der Waals surface area contributed by atoms with Crippen LogP contribution in [0.15, 0.2) is 36.7 Å². The Morgan fingerprint density at radius 2 is 2.04 bits per heavy atom. The predicted molar refractivity (Wildman–Crippen MR) is 108 cm³/mol. The third-order valence-electron chi connectivity index (χ3n) is 5.86. The first-order valence-electron chi connectivity index (χ1n) is 9.78. The summed E-state index contributed by atoms with van der Waals surface area (Å²) >= 11 is 0. The third kappa shape index (κ3) is 3.81. The summed E-state index contributed by atoms with van der Waals surface area (Å²) in [5, 5.41) is 2.95. The van der Waals surface area contributed by atoms with Crippen molar-refractivity contribution >= 4 is 17.4 Å². The first-order chi connectivity index (χ1) is 13.1. The lowest BCUT2D eigenvalue weighted by Crippen LogP contribution is -2.45. The number of rotatable bonds is 3. The van der Waals surface area contributed by atoms with E-state index < -0.39 is 0 Å². The van der Waals surface area contributed by atoms with Crippen molar-refractivity contribution < 1.29 is 4.79 Å². The van der Waals surface area contributed by atoms with Crippen LogP contribution in [0.3, 0.4) is 0 Å². The largest absolute Gasteiger partial charge is 0.367 e. The molecule has 4 heterocycles. The Labute approximate surface area is 160 Å². The summed E-state index contributed by atoms with van der Waals surface area (Å²) < 4.78 is 0. The number of amides is 1. The molecule has 6 nitrogen and oxygen atoms in total. The number of aromatic nitrogens is 2. The van der Waals surface area contributed by atoms with Crippen LogP contribution in [0.25, 0.3) is 11.3 Å². The van der Waals surface area contributed by atoms with Crippen LogP contribution in [-0.2, 0) is 4.79 Å². The van der Waals surface area contributed by atoms with Crippen molar-refractivity contribution in [2.45, 2.75) is 44.7 Å². The van der Waals surface area contributed by atoms with Gasteiger partial charge in [-0.25, -0.2) is 4.98 Å². The van der Waals surface area contributed by atoms with Gasteiger partial charge in [0, 0.05) is 50.1 Å². The van der Waals surface area contributed by atoms with Crippen LogP contribution in [0.4, 0.5) is 11.5 Å². The van der Waals surface area contributed by atoms with E-state index in [1.54, 1.807) is 12.4 Å². The molecule has 1 N–H and O–H groups in total. The molecular weight excluding hydrogens is 338 g/mol. The van der Waals surface area contributed by atoms with Crippen molar-refractivity contribution in [3.8, 4) is 11.3 Å². The van der Waals surface area contributed by atoms with Gasteiger partial charge in [0.1, 0.15) is 0 Å². The highest BCUT2D eigenvalue weighted by atomic mass is 16.1. The van der Waals surface area contributed by atoms with E-state index in [-0.39, 0.29) is 5.91 Å². The number of fused-ring (bicyclic) bond motifs is 2. The van der Waals surface area contributed by atoms with Crippen LogP contribution in [0.1, 0.15) is 32.6 Å². The number of piperidine rings is 1. The predicted octanol–water partition coefficient (Wildman–Crippen LogP) is 3.17. The Hall–Kier alpha value is -2.47. The molecule has 2 aliphatic rings. The smallest absolute Gasteiger partial charge is 0.222 e. The van der Waals surface area contributed by atoms with Gasteiger partial charge in [-0.05, 0) is 50.6 Å². The Kier molecular flexibility index (Phi) is 5.07. The number of likely N-dealkylation sites (N-methyl/N-ethyl adjacent to an activating group) is 1. The van der Waals surface area contributed by atoms with E-state index in [1.165, 1.54) is 26.2 Å². The molecule has 2 aliphatic heterocycles. The Morgan fingerprint density at radius 3 is 2.81 bits per heavy atom. The van der Waals surface area contributed by atoms with Crippen molar-refractivity contribution in [3.05, 3.63) is 36.7 Å². The molecule has 0 spiro atoms. The van der Waals surface area contributed by atoms with Gasteiger partial charge >= 0.3 is 0 Å². The van der Waals surface area contributed by atoms with E-state index in [4.69, 9.17) is 4.98 Å². The minimum Gasteiger partial charge on any atom is -0.367 e. The fourth-order valence-electron chi connectivity index (χ4n) is 4.37. The van der Waals surface area contributed by atoms with Gasteiger partial charge in [-0.15, -0.1) is 0 Å². The second-order valence-electron chi connectivity index (χ2n) is 7.63. The fourth-order valence-corrected chi connectivity index (χ4v) is 4.37. The second kappa shape index (κ2) is 7.64. The van der Waals surface area contributed by atoms with Gasteiger partial charge in [0.15, 0.2) is 5.82 Å². The van der Waals surface area contributed by atoms with Crippen molar-refractivity contribution in [1.82, 2.24) is 14.9 Å². The number of carbonyl (C=O) groups excluding carboxylic acids is 1. The Bertz CT molecular complexity index is 809. The quantitative estimate of drug-likeness (QED) is 0.905. The van der Waals surface area contributed by atoms with Crippen LogP contribution in [0, 0.1) is 0 Å². The van der Waals surface area contributed by atoms with Gasteiger partial charge < -0.3 is 10.2 Å². The van der Waals surface area contributed by atoms with E-state index >= 15 is 0 Å². The highest BCUT2D eigenvalue weighted by molar-refractivity contribution is 5.91. The molecule has 2 fully saturated rings. The molecule has 2 bridgehead atoms. The molecule has 142 valence electrons. The van der Waals surface area contributed by atoms with Crippen molar-refractivity contribution in [1.29, 1.82) is 0 Å². The molecule has 0 aliphatic carbocycles. The van der Waals surface area contributed by atoms with Gasteiger partial charge in [-0.1, -0.05) is 6.42 Å². The zero-order valence-corrected chi connectivity index (χ0v) is 16.1. The highest BCUT2D eigenvalue weighted by Gasteiger charge is 2.33. The standard InChI is InChI=1S/C21H27N5O/c1-15(27)23-21-20(9-8-19(24-21)16-5-4-11-22-13-16)26-12-10-17-6-3-7-18(14-26)25(17)2/h4-5,8-9,11,13,17-18H,3,6-7,10,12,14H2,1-2H3,(H,23,24,27). The maximum atomic E-state index is 11.8. The fraction of sp³-hybridized carbons (Fsp3) is 0.476. The highest BCUT2D eigenvalue weighted by Crippen LogP contribution is 2.33. The lowest BCUT2D eigenvalue weighted by atomic mass is 9.96. The Balaban J connectivity index is 1.67. The summed E-state index contributed by atoms with van der Waals surface area (Å²) in [7, 11) is 2.26. The molecule has 0 radical (unpaired) electrons. The van der Waals surface area contributed by atoms with Gasteiger partial charge in [-0.3, -0.25) is 14.7 Å². The van der Waals surface area contributed by atoms with Crippen LogP contribution >= 0.6 is 0 Å². The zero-order valence-electron chi connectivity index (χ0n) is 16.1. The molecule has 2 unspecified atom stereocenters. The van der Waals surface area contributed by atoms with Crippen LogP contribution in [0.5, 0.6) is 0 Å². The minimum absolute atomic E-state index is 0.0993. The summed E-state index contributed by atoms with van der Waals surface area (Å²) in [6.45, 7) is 3.50. The molecule has 0 saturated carbocycles. The molecule has 2 aromatic heterocycles. The van der Waals surface area contributed by atoms with E-state index in [9.17, 15) is 4.79 Å². The molecule has 2 aromatic rings. The van der Waals surface area contributed by atoms with Crippen LogP contribution in [-0.4, -0.2) is 53.0 Å². The van der Waals surface area contributed by atoms with E-state index in [0.717, 1.165) is 36.5 Å². The molecule has 27 heavy (non-hydrogen) atoms. The molecule has 2 saturated heterocycles. The van der Waals surface area contributed by atoms with E-state index in [0.29, 0.717) is 17.9 Å². The number of hydrogen-bond donors (Lipinski definition) is 1. The summed E-state index contributed by atoms with van der Waals surface area (Å²) in [5.74, 6) is 0.542. The summed E-state index contributed by atoms with van der Waals surface area (Å²) in [5.41, 5.74) is 2.78. The molecule has 2 atom stereocenters. The molecule has 1 amide bonds. The van der Waals surface area contributed by atoms with Crippen LogP contribution < -0.4 is 10.2 Å². The summed E-state index contributed by atoms with van der Waals surface area (Å²) in [6, 6.07) is 9.23. The first kappa shape index (κ1) is 17.9. The molecule has 4 rings (SSSR count). The molecule has 0 aromatic carbocycles. The maximum absolute atomic E-state index is 11.8. The number of anilines is 2. The third-order valence-corrected chi connectivity index (χ3v) is 5.86. The number of carbonyl (C=O) groups is 1. The topological polar surface area (TPSA) is 61.4 Å². The van der Waals surface area contributed by atoms with Gasteiger partial charge in [0.25, 0.3) is 0 Å². The van der Waals surface area contributed by atoms with Crippen molar-refractivity contribution in [2.75, 3.05) is 30.4 Å². The average molecular weight is 365 g/mol. The number of hydrogen-bond acceptors (Lipinski definition) is 5. The maximum Gasteiger partial charge on any atom is 0.222 e. The Morgan fingerprint density at radius 1 is 1.19 bits per heavy atom. The number of nitrogens with one attached hydrogen (secondary N) is 1. The van der Waals surface area contributed by atoms with E-state index in [1.807, 2.05) is 18.2 Å². The van der Waals surface area contributed by atoms with Crippen molar-refractivity contribution in [2.24, 2.45) is 0 Å². The van der Waals surface area contributed by atoms with Crippen LogP contribution in [0.2, 0.25) is 0 Å². The van der Waals surface area contributed by atoms with Gasteiger partial charge in [-0.2, -0.15) is 0 Å². The van der Waals surface area contributed by atoms with E-state index in [2.05, 4.69) is 33.2 Å². The SMILES string of the molecule is CC(=O)Nc1nc(-c2cccnc2)ccc1N1CCC2CCCC(C1)N2C. The monoisotopic (exact) mass is 365 g/mol. The van der Waals surface area contributed by atoms with Crippen molar-refractivity contribution in [3.63, 3.8) is 0 Å². The first-order valence-corrected chi connectivity index (χ1v) is 9.78. The van der Waals surface area contributed by atoms with Gasteiger partial charge in [0.2, 0.25) is 5.91 Å². The summed E-state index contributed by atoms with van der Waals surface area (Å²) in [6.07, 6.45) is 8.53. The molecule has 6 heteroatoms. The summed E-state index contributed by atoms with van der Waals surface area (Å²) in [4.78, 5) is 25.7. The zero-order chi connectivity index (χ0) is 18.8. The number of pyridine rings is 2. The normalized spacial score (nSPS) is 23.0. The lowest BCUT2D eigenvalue weighted by Gasteiger charge is -2.38. The average Bonchev–Trinajstić information content (AvgIpc) is 2.76. The lowest BCUT2D eigenvalue weighted by molar-refractivity contribution is -0.114.